The summed E-state index contributed by atoms with van der Waals surface area (Å²) in [5.41, 5.74) is 0. The normalized spacial score (nSPS) is 9.00. The summed E-state index contributed by atoms with van der Waals surface area (Å²) in [5.74, 6) is 0. The monoisotopic (exact) mass is 100 g/mol. The van der Waals surface area contributed by atoms with Crippen LogP contribution in [0.1, 0.15) is 20.3 Å². The van der Waals surface area contributed by atoms with E-state index in [-0.39, 0.29) is 0 Å². The van der Waals surface area contributed by atoms with Crippen molar-refractivity contribution >= 4 is 9.52 Å². The third-order valence-electron chi connectivity index (χ3n) is 0.677. The predicted molar refractivity (Wildman–Crippen MR) is 31.3 cm³/mol. The van der Waals surface area contributed by atoms with Crippen LogP contribution in [0.25, 0.3) is 0 Å². The highest BCUT2D eigenvalue weighted by molar-refractivity contribution is 6.35. The fraction of sp³-hybridized carbons (Fsp3) is 1.00. The molecule has 0 saturated carbocycles. The van der Waals surface area contributed by atoms with E-state index in [1.807, 2.05) is 0 Å². The van der Waals surface area contributed by atoms with E-state index in [1.54, 1.807) is 0 Å². The molecule has 6 heavy (non-hydrogen) atoms. The van der Waals surface area contributed by atoms with Gasteiger partial charge >= 0.3 is 0 Å². The molecular weight excluding hydrogens is 88.1 g/mol. The van der Waals surface area contributed by atoms with Gasteiger partial charge < -0.3 is 0 Å². The van der Waals surface area contributed by atoms with Gasteiger partial charge in [-0.05, 0) is 0 Å². The van der Waals surface area contributed by atoms with Gasteiger partial charge in [-0.1, -0.05) is 32.4 Å². The van der Waals surface area contributed by atoms with Gasteiger partial charge in [0, 0.05) is 9.52 Å². The van der Waals surface area contributed by atoms with E-state index in [9.17, 15) is 0 Å². The Morgan fingerprint density at radius 3 is 2.17 bits per heavy atom. The summed E-state index contributed by atoms with van der Waals surface area (Å²) >= 11 is 0. The third kappa shape index (κ3) is 4.22. The molecule has 0 atom stereocenters. The molecule has 0 aliphatic heterocycles. The van der Waals surface area contributed by atoms with Gasteiger partial charge in [-0.25, -0.2) is 0 Å². The summed E-state index contributed by atoms with van der Waals surface area (Å²) < 4.78 is 0. The van der Waals surface area contributed by atoms with Crippen LogP contribution in [0.5, 0.6) is 0 Å². The standard InChI is InChI=1S/C5H12Si/c1-3-5-6-4-2/h3-5H2,1-2H3. The van der Waals surface area contributed by atoms with Crippen molar-refractivity contribution in [1.29, 1.82) is 0 Å². The highest BCUT2D eigenvalue weighted by atomic mass is 28.2. The molecule has 0 spiro atoms. The Kier molecular flexibility index (Phi) is 5.41. The number of hydrogen-bond acceptors (Lipinski definition) is 0. The Hall–Kier alpha value is 0.217. The first-order valence-electron chi connectivity index (χ1n) is 2.62. The second kappa shape index (κ2) is 5.22. The lowest BCUT2D eigenvalue weighted by molar-refractivity contribution is 1.07. The Bertz CT molecular complexity index is 15.9. The maximum Gasteiger partial charge on any atom is 0.0375 e. The van der Waals surface area contributed by atoms with E-state index in [4.69, 9.17) is 0 Å². The SMILES string of the molecule is CCC[Si]CC. The van der Waals surface area contributed by atoms with Gasteiger partial charge in [-0.2, -0.15) is 0 Å². The van der Waals surface area contributed by atoms with Crippen molar-refractivity contribution in [3.63, 3.8) is 0 Å². The van der Waals surface area contributed by atoms with Gasteiger partial charge in [0.2, 0.25) is 0 Å². The van der Waals surface area contributed by atoms with E-state index in [1.165, 1.54) is 28.0 Å². The van der Waals surface area contributed by atoms with E-state index in [0.717, 1.165) is 0 Å². The smallest absolute Gasteiger partial charge is 0.0375 e. The lowest BCUT2D eigenvalue weighted by Gasteiger charge is -1.84. The maximum atomic E-state index is 2.24. The minimum absolute atomic E-state index is 1.21. The molecular formula is C5H12Si. The molecule has 0 aromatic carbocycles. The van der Waals surface area contributed by atoms with Crippen LogP contribution in [-0.4, -0.2) is 9.52 Å². The van der Waals surface area contributed by atoms with Crippen LogP contribution < -0.4 is 0 Å². The molecule has 0 aromatic heterocycles. The van der Waals surface area contributed by atoms with E-state index < -0.39 is 0 Å². The van der Waals surface area contributed by atoms with Crippen LogP contribution in [-0.2, 0) is 0 Å². The zero-order valence-corrected chi connectivity index (χ0v) is 5.62. The van der Waals surface area contributed by atoms with Crippen molar-refractivity contribution in [3.05, 3.63) is 0 Å². The molecule has 0 saturated heterocycles. The quantitative estimate of drug-likeness (QED) is 0.375. The van der Waals surface area contributed by atoms with Crippen LogP contribution in [0, 0.1) is 0 Å². The summed E-state index contributed by atoms with van der Waals surface area (Å²) in [7, 11) is 1.21. The van der Waals surface area contributed by atoms with Gasteiger partial charge in [0.1, 0.15) is 0 Å². The largest absolute Gasteiger partial charge is 0.0682 e. The minimum atomic E-state index is 1.21. The Morgan fingerprint density at radius 2 is 2.00 bits per heavy atom. The van der Waals surface area contributed by atoms with Crippen molar-refractivity contribution in [2.75, 3.05) is 0 Å². The zero-order chi connectivity index (χ0) is 4.83. The highest BCUT2D eigenvalue weighted by Gasteiger charge is 1.77. The van der Waals surface area contributed by atoms with Crippen molar-refractivity contribution in [3.8, 4) is 0 Å². The first-order valence-corrected chi connectivity index (χ1v) is 4.04. The summed E-state index contributed by atoms with van der Waals surface area (Å²) in [4.78, 5) is 0. The molecule has 0 fully saturated rings. The van der Waals surface area contributed by atoms with Crippen molar-refractivity contribution in [1.82, 2.24) is 0 Å². The molecule has 0 unspecified atom stereocenters. The molecule has 0 aliphatic carbocycles. The van der Waals surface area contributed by atoms with Gasteiger partial charge in [0.05, 0.1) is 0 Å². The van der Waals surface area contributed by atoms with Crippen LogP contribution in [0.3, 0.4) is 0 Å². The molecule has 0 bridgehead atoms. The van der Waals surface area contributed by atoms with Crippen LogP contribution in [0.4, 0.5) is 0 Å². The van der Waals surface area contributed by atoms with Crippen molar-refractivity contribution in [2.45, 2.75) is 32.4 Å². The van der Waals surface area contributed by atoms with Crippen LogP contribution in [0.2, 0.25) is 12.1 Å². The predicted octanol–water partition coefficient (Wildman–Crippen LogP) is 1.96. The van der Waals surface area contributed by atoms with Gasteiger partial charge in [0.25, 0.3) is 0 Å². The summed E-state index contributed by atoms with van der Waals surface area (Å²) in [5, 5.41) is 0. The summed E-state index contributed by atoms with van der Waals surface area (Å²) in [6.45, 7) is 4.48. The molecule has 0 aliphatic rings. The molecule has 2 radical (unpaired) electrons. The highest BCUT2D eigenvalue weighted by Crippen LogP contribution is 1.86. The van der Waals surface area contributed by atoms with Gasteiger partial charge in [-0.3, -0.25) is 0 Å². The lowest BCUT2D eigenvalue weighted by Crippen LogP contribution is -1.80. The zero-order valence-electron chi connectivity index (χ0n) is 4.62. The Labute approximate surface area is 42.8 Å². The average Bonchev–Trinajstić information content (AvgIpc) is 1.61. The van der Waals surface area contributed by atoms with Crippen molar-refractivity contribution in [2.24, 2.45) is 0 Å². The third-order valence-corrected chi connectivity index (χ3v) is 2.03. The molecule has 0 rings (SSSR count). The number of hydrogen-bond donors (Lipinski definition) is 0. The lowest BCUT2D eigenvalue weighted by atomic mass is 10.6. The number of rotatable bonds is 3. The molecule has 36 valence electrons. The average molecular weight is 100 g/mol. The summed E-state index contributed by atoms with van der Waals surface area (Å²) in [6, 6.07) is 2.82. The van der Waals surface area contributed by atoms with E-state index >= 15 is 0 Å². The molecule has 1 heteroatoms. The van der Waals surface area contributed by atoms with Gasteiger partial charge in [-0.15, -0.1) is 0 Å². The fourth-order valence-electron chi connectivity index (χ4n) is 0.354. The second-order valence-corrected chi connectivity index (χ2v) is 3.06. The first kappa shape index (κ1) is 6.22. The van der Waals surface area contributed by atoms with Crippen LogP contribution >= 0.6 is 0 Å². The Balaban J connectivity index is 2.34. The second-order valence-electron chi connectivity index (χ2n) is 1.35. The first-order chi connectivity index (χ1) is 2.91. The molecule has 0 heterocycles. The van der Waals surface area contributed by atoms with E-state index in [0.29, 0.717) is 0 Å². The van der Waals surface area contributed by atoms with Gasteiger partial charge in [0.15, 0.2) is 0 Å². The minimum Gasteiger partial charge on any atom is -0.0682 e. The van der Waals surface area contributed by atoms with Crippen LogP contribution in [0.15, 0.2) is 0 Å². The molecule has 0 aromatic rings. The topological polar surface area (TPSA) is 0 Å². The molecule has 0 nitrogen and oxygen atoms in total. The summed E-state index contributed by atoms with van der Waals surface area (Å²) in [6.07, 6.45) is 1.37. The fourth-order valence-corrected chi connectivity index (χ4v) is 1.06. The van der Waals surface area contributed by atoms with Crippen molar-refractivity contribution < 1.29 is 0 Å². The molecule has 0 N–H and O–H groups in total. The van der Waals surface area contributed by atoms with E-state index in [2.05, 4.69) is 13.8 Å². The maximum absolute atomic E-state index is 2.24. The Morgan fingerprint density at radius 1 is 1.33 bits per heavy atom. The molecule has 0 amide bonds.